The zero-order chi connectivity index (χ0) is 22.0. The number of sulfonamides is 1. The van der Waals surface area contributed by atoms with E-state index >= 15 is 0 Å². The molecular formula is C21H23ClN6O2S. The van der Waals surface area contributed by atoms with Gasteiger partial charge in [-0.05, 0) is 49.2 Å². The van der Waals surface area contributed by atoms with E-state index < -0.39 is 10.0 Å². The molecular weight excluding hydrogens is 436 g/mol. The first-order valence-electron chi connectivity index (χ1n) is 9.86. The molecule has 0 unspecified atom stereocenters. The van der Waals surface area contributed by atoms with Gasteiger partial charge in [0.05, 0.1) is 4.90 Å². The number of nitrogens with one attached hydrogen (secondary N) is 1. The van der Waals surface area contributed by atoms with Crippen LogP contribution in [0.3, 0.4) is 0 Å². The minimum Gasteiger partial charge on any atom is -0.354 e. The molecule has 0 atom stereocenters. The summed E-state index contributed by atoms with van der Waals surface area (Å²) < 4.78 is 27.7. The summed E-state index contributed by atoms with van der Waals surface area (Å²) >= 11 is 6.03. The number of hydrogen-bond acceptors (Lipinski definition) is 7. The van der Waals surface area contributed by atoms with Crippen molar-refractivity contribution >= 4 is 39.1 Å². The molecule has 0 bridgehead atoms. The maximum Gasteiger partial charge on any atom is 0.243 e. The van der Waals surface area contributed by atoms with E-state index in [2.05, 4.69) is 20.3 Å². The summed E-state index contributed by atoms with van der Waals surface area (Å²) in [7, 11) is -3.60. The topological polar surface area (TPSA) is 91.3 Å². The molecule has 8 nitrogen and oxygen atoms in total. The standard InChI is InChI=1S/C21H23ClN6O2S/c1-15-5-6-23-19(11-15)26-20-13-21(25-14-24-20)27-7-9-28(10-8-27)31(29,30)18-12-17(22)4-3-16(18)2/h3-6,11-14H,7-10H2,1-2H3,(H,23,24,25,26). The second-order valence-electron chi connectivity index (χ2n) is 7.41. The van der Waals surface area contributed by atoms with Crippen LogP contribution in [-0.2, 0) is 10.0 Å². The number of hydrogen-bond donors (Lipinski definition) is 1. The van der Waals surface area contributed by atoms with E-state index in [1.165, 1.54) is 16.7 Å². The molecule has 3 heterocycles. The highest BCUT2D eigenvalue weighted by Gasteiger charge is 2.30. The Bertz CT molecular complexity index is 1200. The van der Waals surface area contributed by atoms with E-state index in [1.54, 1.807) is 25.3 Å². The highest BCUT2D eigenvalue weighted by molar-refractivity contribution is 7.89. The first-order chi connectivity index (χ1) is 14.8. The summed E-state index contributed by atoms with van der Waals surface area (Å²) in [6.07, 6.45) is 3.23. The third-order valence-corrected chi connectivity index (χ3v) is 7.43. The number of aryl methyl sites for hydroxylation is 2. The van der Waals surface area contributed by atoms with Crippen LogP contribution in [0.5, 0.6) is 0 Å². The highest BCUT2D eigenvalue weighted by Crippen LogP contribution is 2.26. The Morgan fingerprint density at radius 3 is 2.42 bits per heavy atom. The number of nitrogens with zero attached hydrogens (tertiary/aromatic N) is 5. The Hall–Kier alpha value is -2.75. The van der Waals surface area contributed by atoms with Crippen molar-refractivity contribution in [3.05, 3.63) is 65.1 Å². The van der Waals surface area contributed by atoms with Gasteiger partial charge in [0.15, 0.2) is 0 Å². The fraction of sp³-hybridized carbons (Fsp3) is 0.286. The van der Waals surface area contributed by atoms with Gasteiger partial charge >= 0.3 is 0 Å². The molecule has 0 amide bonds. The van der Waals surface area contributed by atoms with Crippen LogP contribution in [0.15, 0.2) is 53.8 Å². The summed E-state index contributed by atoms with van der Waals surface area (Å²) in [5.41, 5.74) is 1.78. The minimum absolute atomic E-state index is 0.257. The van der Waals surface area contributed by atoms with Crippen molar-refractivity contribution in [1.29, 1.82) is 0 Å². The van der Waals surface area contributed by atoms with Crippen molar-refractivity contribution in [2.75, 3.05) is 36.4 Å². The summed E-state index contributed by atoms with van der Waals surface area (Å²) in [5.74, 6) is 2.08. The molecule has 1 aliphatic rings. The number of anilines is 3. The van der Waals surface area contributed by atoms with Crippen molar-refractivity contribution in [3.63, 3.8) is 0 Å². The van der Waals surface area contributed by atoms with Crippen molar-refractivity contribution in [2.24, 2.45) is 0 Å². The van der Waals surface area contributed by atoms with E-state index in [4.69, 9.17) is 11.6 Å². The van der Waals surface area contributed by atoms with Gasteiger partial charge in [0, 0.05) is 43.5 Å². The zero-order valence-corrected chi connectivity index (χ0v) is 18.9. The maximum atomic E-state index is 13.1. The van der Waals surface area contributed by atoms with Crippen LogP contribution in [0, 0.1) is 13.8 Å². The minimum atomic E-state index is -3.60. The van der Waals surface area contributed by atoms with Gasteiger partial charge < -0.3 is 10.2 Å². The van der Waals surface area contributed by atoms with Gasteiger partial charge in [-0.15, -0.1) is 0 Å². The molecule has 4 rings (SSSR count). The Labute approximate surface area is 187 Å². The van der Waals surface area contributed by atoms with Gasteiger partial charge in [-0.1, -0.05) is 17.7 Å². The second-order valence-corrected chi connectivity index (χ2v) is 9.75. The first-order valence-corrected chi connectivity index (χ1v) is 11.7. The molecule has 1 N–H and O–H groups in total. The quantitative estimate of drug-likeness (QED) is 0.626. The van der Waals surface area contributed by atoms with Crippen LogP contribution < -0.4 is 10.2 Å². The molecule has 10 heteroatoms. The Balaban J connectivity index is 1.46. The number of pyridine rings is 1. The number of benzene rings is 1. The van der Waals surface area contributed by atoms with Crippen LogP contribution in [0.2, 0.25) is 5.02 Å². The average Bonchev–Trinajstić information content (AvgIpc) is 2.76. The molecule has 3 aromatic rings. The van der Waals surface area contributed by atoms with Crippen LogP contribution in [0.4, 0.5) is 17.5 Å². The third-order valence-electron chi connectivity index (χ3n) is 5.15. The average molecular weight is 459 g/mol. The molecule has 2 aromatic heterocycles. The van der Waals surface area contributed by atoms with Crippen LogP contribution >= 0.6 is 11.6 Å². The van der Waals surface area contributed by atoms with Crippen LogP contribution in [0.25, 0.3) is 0 Å². The molecule has 0 spiro atoms. The molecule has 0 radical (unpaired) electrons. The van der Waals surface area contributed by atoms with Crippen molar-refractivity contribution < 1.29 is 8.42 Å². The van der Waals surface area contributed by atoms with E-state index in [9.17, 15) is 8.42 Å². The van der Waals surface area contributed by atoms with Crippen molar-refractivity contribution in [2.45, 2.75) is 18.7 Å². The lowest BCUT2D eigenvalue weighted by atomic mass is 10.2. The first kappa shape index (κ1) is 21.5. The third kappa shape index (κ3) is 4.79. The Kier molecular flexibility index (Phi) is 6.08. The fourth-order valence-corrected chi connectivity index (χ4v) is 5.38. The van der Waals surface area contributed by atoms with E-state index in [1.807, 2.05) is 30.0 Å². The molecule has 31 heavy (non-hydrogen) atoms. The summed E-state index contributed by atoms with van der Waals surface area (Å²) in [6.45, 7) is 5.55. The second kappa shape index (κ2) is 8.78. The van der Waals surface area contributed by atoms with Gasteiger partial charge in [0.25, 0.3) is 0 Å². The number of piperazine rings is 1. The van der Waals surface area contributed by atoms with Gasteiger partial charge in [0.2, 0.25) is 10.0 Å². The van der Waals surface area contributed by atoms with Gasteiger partial charge in [-0.25, -0.2) is 23.4 Å². The van der Waals surface area contributed by atoms with Crippen molar-refractivity contribution in [1.82, 2.24) is 19.3 Å². The lowest BCUT2D eigenvalue weighted by Gasteiger charge is -2.35. The number of halogens is 1. The van der Waals surface area contributed by atoms with Crippen LogP contribution in [0.1, 0.15) is 11.1 Å². The number of rotatable bonds is 5. The van der Waals surface area contributed by atoms with Gasteiger partial charge in [-0.2, -0.15) is 4.31 Å². The largest absolute Gasteiger partial charge is 0.354 e. The zero-order valence-electron chi connectivity index (χ0n) is 17.3. The molecule has 162 valence electrons. The van der Waals surface area contributed by atoms with E-state index in [0.29, 0.717) is 48.4 Å². The monoisotopic (exact) mass is 458 g/mol. The lowest BCUT2D eigenvalue weighted by Crippen LogP contribution is -2.49. The predicted octanol–water partition coefficient (Wildman–Crippen LogP) is 3.40. The highest BCUT2D eigenvalue weighted by atomic mass is 35.5. The maximum absolute atomic E-state index is 13.1. The normalized spacial score (nSPS) is 15.1. The molecule has 1 saturated heterocycles. The molecule has 0 aliphatic carbocycles. The summed E-state index contributed by atoms with van der Waals surface area (Å²) in [6, 6.07) is 10.6. The van der Waals surface area contributed by atoms with Crippen LogP contribution in [-0.4, -0.2) is 53.9 Å². The molecule has 1 aliphatic heterocycles. The smallest absolute Gasteiger partial charge is 0.243 e. The number of aromatic nitrogens is 3. The summed E-state index contributed by atoms with van der Waals surface area (Å²) in [5, 5.41) is 3.59. The Morgan fingerprint density at radius 2 is 1.68 bits per heavy atom. The predicted molar refractivity (Wildman–Crippen MR) is 121 cm³/mol. The molecule has 0 saturated carbocycles. The summed E-state index contributed by atoms with van der Waals surface area (Å²) in [4.78, 5) is 15.2. The van der Waals surface area contributed by atoms with E-state index in [0.717, 1.165) is 11.4 Å². The fourth-order valence-electron chi connectivity index (χ4n) is 3.47. The van der Waals surface area contributed by atoms with Gasteiger partial charge in [0.1, 0.15) is 23.8 Å². The van der Waals surface area contributed by atoms with Gasteiger partial charge in [-0.3, -0.25) is 0 Å². The molecule has 1 fully saturated rings. The van der Waals surface area contributed by atoms with E-state index in [-0.39, 0.29) is 4.90 Å². The van der Waals surface area contributed by atoms with Crippen molar-refractivity contribution in [3.8, 4) is 0 Å². The lowest BCUT2D eigenvalue weighted by molar-refractivity contribution is 0.383. The Morgan fingerprint density at radius 1 is 0.935 bits per heavy atom. The SMILES string of the molecule is Cc1ccnc(Nc2cc(N3CCN(S(=O)(=O)c4cc(Cl)ccc4C)CC3)ncn2)c1. The molecule has 1 aromatic carbocycles.